The number of aryl methyl sites for hydroxylation is 1. The average molecular weight is 520 g/mol. The molecule has 3 rings (SSSR count). The fraction of sp³-hybridized carbons (Fsp3) is 0.500. The highest BCUT2D eigenvalue weighted by molar-refractivity contribution is 6.36. The monoisotopic (exact) mass is 518 g/mol. The summed E-state index contributed by atoms with van der Waals surface area (Å²) in [6.45, 7) is 4.56. The maximum atomic E-state index is 13.4. The Balaban J connectivity index is 1.69. The second-order valence-corrected chi connectivity index (χ2v) is 10.1. The molecule has 1 N–H and O–H groups in total. The van der Waals surface area contributed by atoms with Gasteiger partial charge >= 0.3 is 0 Å². The molecule has 1 aliphatic carbocycles. The number of halogens is 2. The summed E-state index contributed by atoms with van der Waals surface area (Å²) in [4.78, 5) is 28.4. The molecule has 190 valence electrons. The Morgan fingerprint density at radius 3 is 2.34 bits per heavy atom. The molecule has 0 spiro atoms. The maximum absolute atomic E-state index is 13.4. The van der Waals surface area contributed by atoms with Crippen LogP contribution in [0.25, 0.3) is 0 Å². The van der Waals surface area contributed by atoms with Crippen LogP contribution in [0.5, 0.6) is 5.75 Å². The van der Waals surface area contributed by atoms with Gasteiger partial charge in [0.2, 0.25) is 11.8 Å². The molecule has 1 atom stereocenters. The molecule has 0 heterocycles. The molecule has 0 aromatic heterocycles. The highest BCUT2D eigenvalue weighted by Gasteiger charge is 2.31. The van der Waals surface area contributed by atoms with E-state index in [0.717, 1.165) is 31.4 Å². The number of ether oxygens (including phenoxy) is 1. The minimum atomic E-state index is -0.588. The molecule has 1 aliphatic rings. The van der Waals surface area contributed by atoms with E-state index in [1.54, 1.807) is 23.1 Å². The molecule has 0 unspecified atom stereocenters. The summed E-state index contributed by atoms with van der Waals surface area (Å²) in [7, 11) is 0. The van der Waals surface area contributed by atoms with Crippen LogP contribution >= 0.6 is 23.2 Å². The third kappa shape index (κ3) is 8.15. The van der Waals surface area contributed by atoms with Gasteiger partial charge in [-0.15, -0.1) is 0 Å². The summed E-state index contributed by atoms with van der Waals surface area (Å²) in [5, 5.41) is 4.16. The van der Waals surface area contributed by atoms with Gasteiger partial charge in [-0.1, -0.05) is 73.2 Å². The Labute approximate surface area is 219 Å². The van der Waals surface area contributed by atoms with Gasteiger partial charge in [0.05, 0.1) is 6.61 Å². The number of benzene rings is 2. The number of carbonyl (C=O) groups is 2. The van der Waals surface area contributed by atoms with Crippen LogP contribution in [0.4, 0.5) is 0 Å². The highest BCUT2D eigenvalue weighted by atomic mass is 35.5. The maximum Gasteiger partial charge on any atom is 0.243 e. The van der Waals surface area contributed by atoms with Crippen molar-refractivity contribution in [3.8, 4) is 5.75 Å². The smallest absolute Gasteiger partial charge is 0.243 e. The van der Waals surface area contributed by atoms with Crippen LogP contribution in [0.2, 0.25) is 10.0 Å². The van der Waals surface area contributed by atoms with E-state index in [2.05, 4.69) is 5.32 Å². The van der Waals surface area contributed by atoms with Gasteiger partial charge in [0.15, 0.2) is 0 Å². The van der Waals surface area contributed by atoms with E-state index in [9.17, 15) is 9.59 Å². The van der Waals surface area contributed by atoms with Crippen molar-refractivity contribution < 1.29 is 14.3 Å². The number of rotatable bonds is 11. The first-order chi connectivity index (χ1) is 16.9. The minimum absolute atomic E-state index is 0.105. The lowest BCUT2D eigenvalue weighted by Crippen LogP contribution is -2.51. The molecule has 7 heteroatoms. The summed E-state index contributed by atoms with van der Waals surface area (Å²) in [6.07, 6.45) is 6.75. The van der Waals surface area contributed by atoms with E-state index in [1.165, 1.54) is 12.0 Å². The van der Waals surface area contributed by atoms with Crippen LogP contribution in [0.1, 0.15) is 69.4 Å². The molecule has 1 fully saturated rings. The second kappa shape index (κ2) is 13.7. The summed E-state index contributed by atoms with van der Waals surface area (Å²) < 4.78 is 5.79. The van der Waals surface area contributed by atoms with E-state index >= 15 is 0 Å². The van der Waals surface area contributed by atoms with Crippen molar-refractivity contribution in [3.05, 3.63) is 63.6 Å². The summed E-state index contributed by atoms with van der Waals surface area (Å²) in [5.74, 6) is 0.562. The first kappa shape index (κ1) is 27.3. The third-order valence-corrected chi connectivity index (χ3v) is 7.26. The summed E-state index contributed by atoms with van der Waals surface area (Å²) in [5.41, 5.74) is 1.82. The molecule has 2 amide bonds. The highest BCUT2D eigenvalue weighted by Crippen LogP contribution is 2.28. The van der Waals surface area contributed by atoms with Gasteiger partial charge in [-0.05, 0) is 56.9 Å². The standard InChI is InChI=1S/C28H36Cl2N2O3/c1-3-26(28(34)31-21-9-5-4-6-10-21)32(19-23-24(29)11-7-12-25(23)30)27(33)13-8-18-35-22-16-14-20(2)15-17-22/h7,11-12,14-17,21,26H,3-6,8-10,13,18-19H2,1-2H3,(H,31,34)/t26-/m0/s1. The Kier molecular flexibility index (Phi) is 10.7. The SMILES string of the molecule is CC[C@@H](C(=O)NC1CCCCC1)N(Cc1c(Cl)cccc1Cl)C(=O)CCCOc1ccc(C)cc1. The van der Waals surface area contributed by atoms with Crippen molar-refractivity contribution in [1.29, 1.82) is 0 Å². The Hall–Kier alpha value is -2.24. The first-order valence-electron chi connectivity index (χ1n) is 12.6. The molecular weight excluding hydrogens is 483 g/mol. The van der Waals surface area contributed by atoms with Gasteiger partial charge < -0.3 is 15.0 Å². The number of amides is 2. The number of hydrogen-bond acceptors (Lipinski definition) is 3. The van der Waals surface area contributed by atoms with Crippen molar-refractivity contribution in [3.63, 3.8) is 0 Å². The third-order valence-electron chi connectivity index (χ3n) is 6.55. The Bertz CT molecular complexity index is 954. The zero-order valence-electron chi connectivity index (χ0n) is 20.7. The van der Waals surface area contributed by atoms with E-state index in [0.29, 0.717) is 35.1 Å². The molecule has 0 radical (unpaired) electrons. The molecule has 35 heavy (non-hydrogen) atoms. The van der Waals surface area contributed by atoms with Gasteiger partial charge in [-0.3, -0.25) is 9.59 Å². The normalized spacial score (nSPS) is 14.9. The molecule has 1 saturated carbocycles. The van der Waals surface area contributed by atoms with Crippen LogP contribution in [-0.4, -0.2) is 35.4 Å². The van der Waals surface area contributed by atoms with Crippen molar-refractivity contribution in [2.24, 2.45) is 0 Å². The molecule has 0 bridgehead atoms. The minimum Gasteiger partial charge on any atom is -0.494 e. The van der Waals surface area contributed by atoms with E-state index in [1.807, 2.05) is 38.1 Å². The Morgan fingerprint density at radius 1 is 1.06 bits per heavy atom. The van der Waals surface area contributed by atoms with Crippen molar-refractivity contribution in [2.45, 2.75) is 83.8 Å². The number of nitrogens with zero attached hydrogens (tertiary/aromatic N) is 1. The molecular formula is C28H36Cl2N2O3. The fourth-order valence-corrected chi connectivity index (χ4v) is 5.03. The van der Waals surface area contributed by atoms with Crippen molar-refractivity contribution >= 4 is 35.0 Å². The van der Waals surface area contributed by atoms with Gasteiger partial charge in [0.1, 0.15) is 11.8 Å². The van der Waals surface area contributed by atoms with E-state index in [-0.39, 0.29) is 30.8 Å². The zero-order valence-corrected chi connectivity index (χ0v) is 22.2. The van der Waals surface area contributed by atoms with Crippen molar-refractivity contribution in [1.82, 2.24) is 10.2 Å². The Morgan fingerprint density at radius 2 is 1.71 bits per heavy atom. The second-order valence-electron chi connectivity index (χ2n) is 9.25. The van der Waals surface area contributed by atoms with Crippen LogP contribution in [-0.2, 0) is 16.1 Å². The number of nitrogens with one attached hydrogen (secondary N) is 1. The first-order valence-corrected chi connectivity index (χ1v) is 13.4. The van der Waals surface area contributed by atoms with Crippen LogP contribution < -0.4 is 10.1 Å². The quantitative estimate of drug-likeness (QED) is 0.336. The predicted octanol–water partition coefficient (Wildman–Crippen LogP) is 6.72. The summed E-state index contributed by atoms with van der Waals surface area (Å²) in [6, 6.07) is 12.7. The molecule has 0 saturated heterocycles. The number of carbonyl (C=O) groups excluding carboxylic acids is 2. The summed E-state index contributed by atoms with van der Waals surface area (Å²) >= 11 is 12.8. The predicted molar refractivity (Wildman–Crippen MR) is 142 cm³/mol. The van der Waals surface area contributed by atoms with Gasteiger partial charge in [0.25, 0.3) is 0 Å². The average Bonchev–Trinajstić information content (AvgIpc) is 2.85. The van der Waals surface area contributed by atoms with Crippen LogP contribution in [0, 0.1) is 6.92 Å². The molecule has 5 nitrogen and oxygen atoms in total. The lowest BCUT2D eigenvalue weighted by Gasteiger charge is -2.33. The zero-order chi connectivity index (χ0) is 25.2. The molecule has 2 aromatic rings. The lowest BCUT2D eigenvalue weighted by molar-refractivity contribution is -0.142. The van der Waals surface area contributed by atoms with E-state index < -0.39 is 6.04 Å². The fourth-order valence-electron chi connectivity index (χ4n) is 4.51. The van der Waals surface area contributed by atoms with Gasteiger partial charge in [-0.25, -0.2) is 0 Å². The van der Waals surface area contributed by atoms with Gasteiger partial charge in [0, 0.05) is 34.6 Å². The lowest BCUT2D eigenvalue weighted by atomic mass is 9.95. The van der Waals surface area contributed by atoms with E-state index in [4.69, 9.17) is 27.9 Å². The van der Waals surface area contributed by atoms with Crippen molar-refractivity contribution in [2.75, 3.05) is 6.61 Å². The van der Waals surface area contributed by atoms with Gasteiger partial charge in [-0.2, -0.15) is 0 Å². The molecule has 2 aromatic carbocycles. The topological polar surface area (TPSA) is 58.6 Å². The number of hydrogen-bond donors (Lipinski definition) is 1. The molecule has 0 aliphatic heterocycles. The largest absolute Gasteiger partial charge is 0.494 e. The van der Waals surface area contributed by atoms with Crippen LogP contribution in [0.3, 0.4) is 0 Å². The van der Waals surface area contributed by atoms with Crippen LogP contribution in [0.15, 0.2) is 42.5 Å².